The number of carbonyl (C=O) groups is 1. The maximum atomic E-state index is 11.6. The first-order valence-electron chi connectivity index (χ1n) is 13.9. The summed E-state index contributed by atoms with van der Waals surface area (Å²) >= 11 is 0. The molecular weight excluding hydrogens is 424 g/mol. The van der Waals surface area contributed by atoms with Crippen LogP contribution in [0.15, 0.2) is 12.2 Å². The molecule has 34 heavy (non-hydrogen) atoms. The van der Waals surface area contributed by atoms with Gasteiger partial charge in [-0.15, -0.1) is 0 Å². The molecule has 3 unspecified atom stereocenters. The lowest BCUT2D eigenvalue weighted by molar-refractivity contribution is -0.187. The molecule has 0 aromatic carbocycles. The number of allylic oxidation sites excluding steroid dienone is 1. The minimum atomic E-state index is -0.795. The van der Waals surface area contributed by atoms with Crippen molar-refractivity contribution in [3.8, 4) is 0 Å². The molecule has 2 N–H and O–H groups in total. The Balaban J connectivity index is 1.64. The van der Waals surface area contributed by atoms with Crippen LogP contribution in [0.2, 0.25) is 0 Å². The second kappa shape index (κ2) is 8.33. The molecule has 1 aliphatic heterocycles. The summed E-state index contributed by atoms with van der Waals surface area (Å²) in [4.78, 5) is 11.6. The smallest absolute Gasteiger partial charge is 0.303 e. The van der Waals surface area contributed by atoms with Crippen LogP contribution in [-0.2, 0) is 9.53 Å². The van der Waals surface area contributed by atoms with Crippen molar-refractivity contribution in [2.75, 3.05) is 0 Å². The van der Waals surface area contributed by atoms with Gasteiger partial charge in [0.25, 0.3) is 0 Å². The van der Waals surface area contributed by atoms with E-state index in [2.05, 4.69) is 41.2 Å². The number of carboxylic acids is 1. The molecule has 0 bridgehead atoms. The minimum Gasteiger partial charge on any atom is -0.481 e. The van der Waals surface area contributed by atoms with Crippen molar-refractivity contribution >= 4 is 5.97 Å². The monoisotopic (exact) mass is 474 g/mol. The topological polar surface area (TPSA) is 66.8 Å². The molecule has 1 saturated heterocycles. The van der Waals surface area contributed by atoms with Crippen molar-refractivity contribution in [3.63, 3.8) is 0 Å². The van der Waals surface area contributed by atoms with Gasteiger partial charge in [-0.05, 0) is 125 Å². The van der Waals surface area contributed by atoms with Gasteiger partial charge in [-0.3, -0.25) is 4.79 Å². The number of fused-ring (bicyclic) bond motifs is 3. The molecule has 0 aromatic rings. The maximum absolute atomic E-state index is 11.6. The fraction of sp³-hybridized carbons (Fsp3) is 0.900. The Morgan fingerprint density at radius 3 is 2.18 bits per heavy atom. The van der Waals surface area contributed by atoms with Crippen molar-refractivity contribution in [1.82, 2.24) is 0 Å². The van der Waals surface area contributed by atoms with Crippen LogP contribution in [0, 0.1) is 39.9 Å². The highest BCUT2D eigenvalue weighted by atomic mass is 16.5. The zero-order chi connectivity index (χ0) is 25.3. The van der Waals surface area contributed by atoms with Crippen LogP contribution in [0.3, 0.4) is 0 Å². The third kappa shape index (κ3) is 3.81. The zero-order valence-corrected chi connectivity index (χ0v) is 22.9. The summed E-state index contributed by atoms with van der Waals surface area (Å²) in [5.41, 5.74) is 0.714. The van der Waals surface area contributed by atoms with E-state index < -0.39 is 11.6 Å². The van der Waals surface area contributed by atoms with Crippen molar-refractivity contribution in [2.45, 2.75) is 130 Å². The molecule has 0 spiro atoms. The van der Waals surface area contributed by atoms with E-state index in [1.807, 2.05) is 13.8 Å². The summed E-state index contributed by atoms with van der Waals surface area (Å²) < 4.78 is 6.69. The zero-order valence-electron chi connectivity index (χ0n) is 22.9. The van der Waals surface area contributed by atoms with Crippen molar-refractivity contribution in [2.24, 2.45) is 39.9 Å². The summed E-state index contributed by atoms with van der Waals surface area (Å²) in [6.45, 7) is 20.1. The van der Waals surface area contributed by atoms with Crippen LogP contribution >= 0.6 is 0 Å². The lowest BCUT2D eigenvalue weighted by Gasteiger charge is -2.66. The predicted molar refractivity (Wildman–Crippen MR) is 136 cm³/mol. The molecule has 1 heterocycles. The summed E-state index contributed by atoms with van der Waals surface area (Å²) in [6, 6.07) is 0. The van der Waals surface area contributed by atoms with E-state index in [-0.39, 0.29) is 34.4 Å². The van der Waals surface area contributed by atoms with E-state index in [4.69, 9.17) is 4.74 Å². The second-order valence-corrected chi connectivity index (χ2v) is 14.2. The first-order chi connectivity index (χ1) is 15.6. The molecule has 0 amide bonds. The predicted octanol–water partition coefficient (Wildman–Crippen LogP) is 7.00. The SMILES string of the molecule is C=C(C)C1CC[C@]2(C)C(CCC3[C@@H]([C@]4(C)CC[C@@H](C(C)(C)O)O4)CC[C@]32C)[C@@]1(C)CCC(=O)O. The van der Waals surface area contributed by atoms with Crippen molar-refractivity contribution in [3.05, 3.63) is 12.2 Å². The molecule has 3 saturated carbocycles. The van der Waals surface area contributed by atoms with Gasteiger partial charge in [0.1, 0.15) is 0 Å². The van der Waals surface area contributed by atoms with Crippen molar-refractivity contribution in [1.29, 1.82) is 0 Å². The van der Waals surface area contributed by atoms with Crippen LogP contribution < -0.4 is 0 Å². The highest BCUT2D eigenvalue weighted by Gasteiger charge is 2.68. The van der Waals surface area contributed by atoms with E-state index in [9.17, 15) is 15.0 Å². The molecule has 4 nitrogen and oxygen atoms in total. The van der Waals surface area contributed by atoms with Crippen LogP contribution in [0.5, 0.6) is 0 Å². The van der Waals surface area contributed by atoms with E-state index in [0.29, 0.717) is 23.7 Å². The lowest BCUT2D eigenvalue weighted by atomic mass is 9.38. The lowest BCUT2D eigenvalue weighted by Crippen LogP contribution is -2.60. The van der Waals surface area contributed by atoms with E-state index in [1.165, 1.54) is 37.7 Å². The molecule has 194 valence electrons. The maximum Gasteiger partial charge on any atom is 0.303 e. The van der Waals surface area contributed by atoms with Gasteiger partial charge in [0.2, 0.25) is 0 Å². The molecule has 9 atom stereocenters. The quantitative estimate of drug-likeness (QED) is 0.407. The van der Waals surface area contributed by atoms with E-state index >= 15 is 0 Å². The molecular formula is C30H50O4. The Morgan fingerprint density at radius 2 is 1.62 bits per heavy atom. The molecule has 0 radical (unpaired) electrons. The van der Waals surface area contributed by atoms with Gasteiger partial charge in [0, 0.05) is 6.42 Å². The Bertz CT molecular complexity index is 828. The molecule has 4 rings (SSSR count). The van der Waals surface area contributed by atoms with E-state index in [0.717, 1.165) is 25.7 Å². The largest absolute Gasteiger partial charge is 0.481 e. The number of hydrogen-bond acceptors (Lipinski definition) is 3. The number of rotatable bonds is 6. The van der Waals surface area contributed by atoms with Gasteiger partial charge >= 0.3 is 5.97 Å². The number of aliphatic hydroxyl groups is 1. The van der Waals surface area contributed by atoms with Gasteiger partial charge in [-0.2, -0.15) is 0 Å². The van der Waals surface area contributed by atoms with E-state index in [1.54, 1.807) is 0 Å². The molecule has 4 fully saturated rings. The highest BCUT2D eigenvalue weighted by Crippen LogP contribution is 2.74. The van der Waals surface area contributed by atoms with Gasteiger partial charge in [0.05, 0.1) is 17.3 Å². The Kier molecular flexibility index (Phi) is 6.42. The third-order valence-electron chi connectivity index (χ3n) is 12.0. The molecule has 4 aliphatic rings. The number of carboxylic acid groups (broad SMARTS) is 1. The Hall–Kier alpha value is -0.870. The molecule has 0 aromatic heterocycles. The molecule has 4 heteroatoms. The third-order valence-corrected chi connectivity index (χ3v) is 12.0. The average molecular weight is 475 g/mol. The van der Waals surface area contributed by atoms with Crippen LogP contribution in [-0.4, -0.2) is 33.5 Å². The normalized spacial score (nSPS) is 48.9. The first kappa shape index (κ1) is 26.2. The van der Waals surface area contributed by atoms with Gasteiger partial charge in [-0.25, -0.2) is 0 Å². The minimum absolute atomic E-state index is 0.0109. The summed E-state index contributed by atoms with van der Waals surface area (Å²) in [7, 11) is 0. The number of hydrogen-bond donors (Lipinski definition) is 2. The van der Waals surface area contributed by atoms with Crippen LogP contribution in [0.4, 0.5) is 0 Å². The fourth-order valence-corrected chi connectivity index (χ4v) is 10.0. The fourth-order valence-electron chi connectivity index (χ4n) is 10.0. The molecule has 3 aliphatic carbocycles. The summed E-state index contributed by atoms with van der Waals surface area (Å²) in [5.74, 6) is 1.42. The van der Waals surface area contributed by atoms with Gasteiger partial charge in [0.15, 0.2) is 0 Å². The first-order valence-corrected chi connectivity index (χ1v) is 13.9. The number of aliphatic carboxylic acids is 1. The second-order valence-electron chi connectivity index (χ2n) is 14.2. The van der Waals surface area contributed by atoms with Gasteiger partial charge in [-0.1, -0.05) is 32.9 Å². The number of ether oxygens (including phenoxy) is 1. The highest BCUT2D eigenvalue weighted by molar-refractivity contribution is 5.66. The summed E-state index contributed by atoms with van der Waals surface area (Å²) in [6.07, 6.45) is 10.0. The Morgan fingerprint density at radius 1 is 0.971 bits per heavy atom. The average Bonchev–Trinajstić information content (AvgIpc) is 3.29. The standard InChI is InChI=1S/C30H50O4/c1-19(2)20-11-17-29(7)23(27(20,5)15-14-25(31)32)10-9-21-22(12-16-28(21,29)6)30(8)18-13-24(34-30)26(3,4)33/h20-24,33H,1,9-18H2,2-8H3,(H,31,32)/t20?,21?,22-,23?,24-,27-,28+,29+,30-/m0/s1. The van der Waals surface area contributed by atoms with Crippen molar-refractivity contribution < 1.29 is 19.7 Å². The van der Waals surface area contributed by atoms with Crippen LogP contribution in [0.1, 0.15) is 113 Å². The summed E-state index contributed by atoms with van der Waals surface area (Å²) in [5, 5.41) is 20.2. The van der Waals surface area contributed by atoms with Gasteiger partial charge < -0.3 is 14.9 Å². The van der Waals surface area contributed by atoms with Crippen LogP contribution in [0.25, 0.3) is 0 Å². The Labute approximate surface area is 207 Å².